The van der Waals surface area contributed by atoms with E-state index in [0.29, 0.717) is 13.1 Å². The number of aromatic nitrogens is 2. The predicted molar refractivity (Wildman–Crippen MR) is 111 cm³/mol. The molecule has 2 aromatic heterocycles. The maximum Gasteiger partial charge on any atom is 0.225 e. The topological polar surface area (TPSA) is 70.2 Å². The molecule has 7 heteroatoms. The van der Waals surface area contributed by atoms with Crippen molar-refractivity contribution in [2.45, 2.75) is 32.5 Å². The number of hydrogen-bond acceptors (Lipinski definition) is 6. The van der Waals surface area contributed by atoms with Crippen LogP contribution in [0.4, 0.5) is 5.82 Å². The molecule has 1 aromatic carbocycles. The number of piperidine rings is 1. The van der Waals surface area contributed by atoms with Crippen LogP contribution in [0.5, 0.6) is 0 Å². The number of hydrogen-bond donors (Lipinski definition) is 2. The molecule has 0 spiro atoms. The molecule has 1 unspecified atom stereocenters. The van der Waals surface area contributed by atoms with Crippen LogP contribution in [0.15, 0.2) is 36.0 Å². The minimum Gasteiger partial charge on any atom is -0.355 e. The Labute approximate surface area is 168 Å². The van der Waals surface area contributed by atoms with Crippen LogP contribution in [0.2, 0.25) is 0 Å². The highest BCUT2D eigenvalue weighted by molar-refractivity contribution is 7.16. The third-order valence-electron chi connectivity index (χ3n) is 5.70. The van der Waals surface area contributed by atoms with E-state index in [9.17, 15) is 4.79 Å². The Morgan fingerprint density at radius 1 is 1.25 bits per heavy atom. The van der Waals surface area contributed by atoms with E-state index in [0.717, 1.165) is 48.5 Å². The largest absolute Gasteiger partial charge is 0.355 e. The van der Waals surface area contributed by atoms with Crippen molar-refractivity contribution < 1.29 is 4.79 Å². The lowest BCUT2D eigenvalue weighted by atomic mass is 9.96. The maximum atomic E-state index is 12.8. The van der Waals surface area contributed by atoms with Gasteiger partial charge in [0.05, 0.1) is 11.3 Å². The molecular formula is C21H23N5OS. The minimum absolute atomic E-state index is 0.00602. The zero-order valence-corrected chi connectivity index (χ0v) is 16.5. The minimum atomic E-state index is -0.00602. The molecule has 1 atom stereocenters. The Bertz CT molecular complexity index is 1020. The molecule has 2 N–H and O–H groups in total. The van der Waals surface area contributed by atoms with Crippen molar-refractivity contribution >= 4 is 33.3 Å². The summed E-state index contributed by atoms with van der Waals surface area (Å²) >= 11 is 1.63. The van der Waals surface area contributed by atoms with Gasteiger partial charge in [-0.2, -0.15) is 0 Å². The van der Waals surface area contributed by atoms with Gasteiger partial charge in [0.2, 0.25) is 5.91 Å². The van der Waals surface area contributed by atoms with Gasteiger partial charge in [0.25, 0.3) is 0 Å². The van der Waals surface area contributed by atoms with Crippen molar-refractivity contribution in [3.05, 3.63) is 52.7 Å². The number of carbonyl (C=O) groups excluding carboxylic acids is 1. The fourth-order valence-corrected chi connectivity index (χ4v) is 4.93. The molecule has 0 saturated carbocycles. The molecular weight excluding hydrogens is 370 g/mol. The summed E-state index contributed by atoms with van der Waals surface area (Å²) in [5.74, 6) is 1.09. The Hall–Kier alpha value is -2.51. The highest BCUT2D eigenvalue weighted by atomic mass is 32.1. The van der Waals surface area contributed by atoms with E-state index in [4.69, 9.17) is 0 Å². The molecule has 1 saturated heterocycles. The SMILES string of the molecule is O=C(NCc1ccc2c(c1)CNC2)C1CCCN(c2ncnc3sccc23)C1. The monoisotopic (exact) mass is 393 g/mol. The van der Waals surface area contributed by atoms with E-state index in [1.54, 1.807) is 17.7 Å². The summed E-state index contributed by atoms with van der Waals surface area (Å²) in [5.41, 5.74) is 3.88. The zero-order valence-electron chi connectivity index (χ0n) is 15.6. The van der Waals surface area contributed by atoms with Gasteiger partial charge in [-0.3, -0.25) is 4.79 Å². The summed E-state index contributed by atoms with van der Waals surface area (Å²) in [7, 11) is 0. The average Bonchev–Trinajstić information content (AvgIpc) is 3.40. The van der Waals surface area contributed by atoms with Crippen LogP contribution >= 0.6 is 11.3 Å². The molecule has 2 aliphatic heterocycles. The lowest BCUT2D eigenvalue weighted by molar-refractivity contribution is -0.125. The first-order valence-corrected chi connectivity index (χ1v) is 10.7. The van der Waals surface area contributed by atoms with Crippen molar-refractivity contribution in [1.29, 1.82) is 0 Å². The van der Waals surface area contributed by atoms with E-state index >= 15 is 0 Å². The number of nitrogens with zero attached hydrogens (tertiary/aromatic N) is 3. The quantitative estimate of drug-likeness (QED) is 0.713. The summed E-state index contributed by atoms with van der Waals surface area (Å²) < 4.78 is 0. The molecule has 3 aromatic rings. The Balaban J connectivity index is 1.25. The zero-order chi connectivity index (χ0) is 18.9. The normalized spacial score (nSPS) is 19.0. The third kappa shape index (κ3) is 3.36. The van der Waals surface area contributed by atoms with Crippen LogP contribution in [-0.2, 0) is 24.4 Å². The predicted octanol–water partition coefficient (Wildman–Crippen LogP) is 2.83. The second-order valence-electron chi connectivity index (χ2n) is 7.55. The summed E-state index contributed by atoms with van der Waals surface area (Å²) in [6.45, 7) is 4.10. The molecule has 4 heterocycles. The van der Waals surface area contributed by atoms with Crippen molar-refractivity contribution in [3.63, 3.8) is 0 Å². The smallest absolute Gasteiger partial charge is 0.225 e. The van der Waals surface area contributed by atoms with Crippen molar-refractivity contribution in [2.24, 2.45) is 5.92 Å². The fraction of sp³-hybridized carbons (Fsp3) is 0.381. The number of thiophene rings is 1. The van der Waals surface area contributed by atoms with E-state index in [2.05, 4.69) is 49.8 Å². The maximum absolute atomic E-state index is 12.8. The van der Waals surface area contributed by atoms with Gasteiger partial charge in [-0.15, -0.1) is 11.3 Å². The van der Waals surface area contributed by atoms with Gasteiger partial charge in [-0.05, 0) is 41.0 Å². The number of benzene rings is 1. The molecule has 144 valence electrons. The van der Waals surface area contributed by atoms with E-state index in [-0.39, 0.29) is 11.8 Å². The molecule has 28 heavy (non-hydrogen) atoms. The second-order valence-corrected chi connectivity index (χ2v) is 8.44. The second kappa shape index (κ2) is 7.48. The molecule has 0 aliphatic carbocycles. The van der Waals surface area contributed by atoms with Gasteiger partial charge >= 0.3 is 0 Å². The van der Waals surface area contributed by atoms with Crippen molar-refractivity contribution in [2.75, 3.05) is 18.0 Å². The Morgan fingerprint density at radius 2 is 2.18 bits per heavy atom. The molecule has 0 radical (unpaired) electrons. The highest BCUT2D eigenvalue weighted by Crippen LogP contribution is 2.30. The summed E-state index contributed by atoms with van der Waals surface area (Å²) in [4.78, 5) is 24.9. The first kappa shape index (κ1) is 17.6. The van der Waals surface area contributed by atoms with E-state index in [1.165, 1.54) is 16.7 Å². The molecule has 1 amide bonds. The average molecular weight is 394 g/mol. The van der Waals surface area contributed by atoms with Crippen molar-refractivity contribution in [1.82, 2.24) is 20.6 Å². The van der Waals surface area contributed by atoms with Crippen LogP contribution in [0.3, 0.4) is 0 Å². The van der Waals surface area contributed by atoms with Crippen LogP contribution in [-0.4, -0.2) is 29.0 Å². The van der Waals surface area contributed by atoms with E-state index < -0.39 is 0 Å². The number of amides is 1. The molecule has 5 rings (SSSR count). The molecule has 0 bridgehead atoms. The highest BCUT2D eigenvalue weighted by Gasteiger charge is 2.27. The number of carbonyl (C=O) groups is 1. The first-order valence-electron chi connectivity index (χ1n) is 9.80. The Morgan fingerprint density at radius 3 is 3.14 bits per heavy atom. The summed E-state index contributed by atoms with van der Waals surface area (Å²) in [6.07, 6.45) is 3.55. The third-order valence-corrected chi connectivity index (χ3v) is 6.52. The lowest BCUT2D eigenvalue weighted by Gasteiger charge is -2.33. The summed E-state index contributed by atoms with van der Waals surface area (Å²) in [6, 6.07) is 8.56. The summed E-state index contributed by atoms with van der Waals surface area (Å²) in [5, 5.41) is 9.64. The van der Waals surface area contributed by atoms with Gasteiger partial charge in [0.1, 0.15) is 17.0 Å². The standard InChI is InChI=1S/C21H23N5OS/c27-20(23-9-14-3-4-15-10-22-11-17(15)8-14)16-2-1-6-26(12-16)19-18-5-7-28-21(18)25-13-24-19/h3-5,7-8,13,16,22H,1-2,6,9-12H2,(H,23,27). The van der Waals surface area contributed by atoms with Crippen LogP contribution in [0.1, 0.15) is 29.5 Å². The van der Waals surface area contributed by atoms with Crippen LogP contribution in [0, 0.1) is 5.92 Å². The number of fused-ring (bicyclic) bond motifs is 2. The van der Waals surface area contributed by atoms with Crippen LogP contribution < -0.4 is 15.5 Å². The van der Waals surface area contributed by atoms with E-state index in [1.807, 2.05) is 5.38 Å². The number of rotatable bonds is 4. The van der Waals surface area contributed by atoms with Crippen LogP contribution in [0.25, 0.3) is 10.2 Å². The van der Waals surface area contributed by atoms with Gasteiger partial charge in [0, 0.05) is 32.7 Å². The molecule has 6 nitrogen and oxygen atoms in total. The fourth-order valence-electron chi connectivity index (χ4n) is 4.20. The van der Waals surface area contributed by atoms with Gasteiger partial charge in [0.15, 0.2) is 0 Å². The van der Waals surface area contributed by atoms with Gasteiger partial charge < -0.3 is 15.5 Å². The van der Waals surface area contributed by atoms with Crippen molar-refractivity contribution in [3.8, 4) is 0 Å². The number of nitrogens with one attached hydrogen (secondary N) is 2. The number of anilines is 1. The van der Waals surface area contributed by atoms with Gasteiger partial charge in [-0.25, -0.2) is 9.97 Å². The first-order chi connectivity index (χ1) is 13.8. The molecule has 1 fully saturated rings. The Kier molecular flexibility index (Phi) is 4.70. The lowest BCUT2D eigenvalue weighted by Crippen LogP contribution is -2.43. The molecule has 2 aliphatic rings. The van der Waals surface area contributed by atoms with Gasteiger partial charge in [-0.1, -0.05) is 18.2 Å².